The highest BCUT2D eigenvalue weighted by atomic mass is 15.1. The fraction of sp³-hybridized carbons (Fsp3) is 0.643. The van der Waals surface area contributed by atoms with Crippen molar-refractivity contribution in [2.24, 2.45) is 5.41 Å². The molecule has 1 N–H and O–H groups in total. The molecule has 3 nitrogen and oxygen atoms in total. The van der Waals surface area contributed by atoms with E-state index in [0.717, 1.165) is 31.9 Å². The monoisotopic (exact) mass is 235 g/mol. The van der Waals surface area contributed by atoms with Crippen LogP contribution in [0.5, 0.6) is 0 Å². The maximum Gasteiger partial charge on any atom is 0.0543 e. The summed E-state index contributed by atoms with van der Waals surface area (Å²) in [5.74, 6) is 0. The van der Waals surface area contributed by atoms with Crippen molar-refractivity contribution in [1.82, 2.24) is 15.2 Å². The summed E-state index contributed by atoms with van der Waals surface area (Å²) in [6.07, 6.45) is 1.86. The molecule has 3 heteroatoms. The molecule has 0 bridgehead atoms. The van der Waals surface area contributed by atoms with Crippen LogP contribution in [0.2, 0.25) is 0 Å². The summed E-state index contributed by atoms with van der Waals surface area (Å²) in [4.78, 5) is 6.83. The van der Waals surface area contributed by atoms with E-state index in [0.29, 0.717) is 5.41 Å². The van der Waals surface area contributed by atoms with E-state index >= 15 is 0 Å². The number of pyridine rings is 1. The largest absolute Gasteiger partial charge is 0.319 e. The molecule has 1 aromatic heterocycles. The predicted octanol–water partition coefficient (Wildman–Crippen LogP) is 2.15. The average Bonchev–Trinajstić information content (AvgIpc) is 2.29. The summed E-state index contributed by atoms with van der Waals surface area (Å²) in [6, 6.07) is 6.10. The van der Waals surface area contributed by atoms with Crippen LogP contribution in [0, 0.1) is 5.41 Å². The molecule has 0 aromatic carbocycles. The Morgan fingerprint density at radius 2 is 2.12 bits per heavy atom. The lowest BCUT2D eigenvalue weighted by atomic mass is 9.92. The second kappa shape index (κ2) is 6.72. The molecule has 0 amide bonds. The van der Waals surface area contributed by atoms with Gasteiger partial charge in [-0.1, -0.05) is 26.8 Å². The zero-order valence-corrected chi connectivity index (χ0v) is 11.5. The van der Waals surface area contributed by atoms with Crippen molar-refractivity contribution in [2.45, 2.75) is 27.3 Å². The molecule has 0 aliphatic carbocycles. The number of nitrogens with one attached hydrogen (secondary N) is 1. The molecule has 1 rings (SSSR count). The summed E-state index contributed by atoms with van der Waals surface area (Å²) in [6.45, 7) is 10.9. The van der Waals surface area contributed by atoms with Gasteiger partial charge in [0.15, 0.2) is 0 Å². The van der Waals surface area contributed by atoms with Gasteiger partial charge >= 0.3 is 0 Å². The highest BCUT2D eigenvalue weighted by Gasteiger charge is 2.20. The van der Waals surface area contributed by atoms with Crippen LogP contribution in [0.15, 0.2) is 24.4 Å². The van der Waals surface area contributed by atoms with Gasteiger partial charge in [0, 0.05) is 25.8 Å². The molecule has 0 aliphatic rings. The molecule has 0 saturated heterocycles. The Bertz CT molecular complexity index is 309. The summed E-state index contributed by atoms with van der Waals surface area (Å²) in [7, 11) is 2.01. The zero-order chi connectivity index (χ0) is 12.7. The van der Waals surface area contributed by atoms with Gasteiger partial charge < -0.3 is 5.32 Å². The van der Waals surface area contributed by atoms with Crippen LogP contribution < -0.4 is 5.32 Å². The Hall–Kier alpha value is -0.930. The highest BCUT2D eigenvalue weighted by molar-refractivity contribution is 5.03. The van der Waals surface area contributed by atoms with Crippen molar-refractivity contribution in [1.29, 1.82) is 0 Å². The predicted molar refractivity (Wildman–Crippen MR) is 72.9 cm³/mol. The van der Waals surface area contributed by atoms with E-state index in [1.165, 1.54) is 0 Å². The Balaban J connectivity index is 2.55. The van der Waals surface area contributed by atoms with E-state index in [2.05, 4.69) is 48.1 Å². The normalized spacial score (nSPS) is 12.1. The summed E-state index contributed by atoms with van der Waals surface area (Å²) in [5, 5.41) is 3.26. The quantitative estimate of drug-likeness (QED) is 0.785. The maximum atomic E-state index is 4.39. The van der Waals surface area contributed by atoms with Crippen LogP contribution in [-0.2, 0) is 6.54 Å². The summed E-state index contributed by atoms with van der Waals surface area (Å²) in [5.41, 5.74) is 1.44. The first-order valence-electron chi connectivity index (χ1n) is 6.34. The van der Waals surface area contributed by atoms with Crippen molar-refractivity contribution in [3.63, 3.8) is 0 Å². The number of rotatable bonds is 7. The second-order valence-electron chi connectivity index (χ2n) is 5.32. The van der Waals surface area contributed by atoms with Gasteiger partial charge in [-0.3, -0.25) is 9.88 Å². The molecule has 0 saturated carbocycles. The first-order valence-corrected chi connectivity index (χ1v) is 6.34. The Morgan fingerprint density at radius 3 is 2.65 bits per heavy atom. The van der Waals surface area contributed by atoms with Gasteiger partial charge in [0.1, 0.15) is 0 Å². The molecule has 0 unspecified atom stereocenters. The first-order chi connectivity index (χ1) is 8.07. The van der Waals surface area contributed by atoms with E-state index in [1.54, 1.807) is 0 Å². The van der Waals surface area contributed by atoms with Gasteiger partial charge in [0.05, 0.1) is 5.69 Å². The molecule has 17 heavy (non-hydrogen) atoms. The molecule has 0 aliphatic heterocycles. The fourth-order valence-corrected chi connectivity index (χ4v) is 2.14. The SMILES string of the molecule is CCN(Cc1ccccn1)CC(C)(C)CNC. The average molecular weight is 235 g/mol. The van der Waals surface area contributed by atoms with Crippen molar-refractivity contribution in [3.8, 4) is 0 Å². The van der Waals surface area contributed by atoms with Crippen LogP contribution >= 0.6 is 0 Å². The van der Waals surface area contributed by atoms with Crippen LogP contribution in [0.25, 0.3) is 0 Å². The van der Waals surface area contributed by atoms with Crippen molar-refractivity contribution >= 4 is 0 Å². The van der Waals surface area contributed by atoms with Gasteiger partial charge in [-0.15, -0.1) is 0 Å². The van der Waals surface area contributed by atoms with Crippen LogP contribution in [0.4, 0.5) is 0 Å². The number of nitrogens with zero attached hydrogens (tertiary/aromatic N) is 2. The fourth-order valence-electron chi connectivity index (χ4n) is 2.14. The Morgan fingerprint density at radius 1 is 1.35 bits per heavy atom. The number of aromatic nitrogens is 1. The molecular weight excluding hydrogens is 210 g/mol. The third-order valence-corrected chi connectivity index (χ3v) is 2.87. The molecule has 0 spiro atoms. The zero-order valence-electron chi connectivity index (χ0n) is 11.5. The highest BCUT2D eigenvalue weighted by Crippen LogP contribution is 2.16. The lowest BCUT2D eigenvalue weighted by Crippen LogP contribution is -2.39. The van der Waals surface area contributed by atoms with Crippen molar-refractivity contribution in [2.75, 3.05) is 26.7 Å². The van der Waals surface area contributed by atoms with E-state index in [9.17, 15) is 0 Å². The standard InChI is InChI=1S/C14H25N3/c1-5-17(12-14(2,3)11-15-4)10-13-8-6-7-9-16-13/h6-9,15H,5,10-12H2,1-4H3. The molecule has 0 atom stereocenters. The topological polar surface area (TPSA) is 28.2 Å². The van der Waals surface area contributed by atoms with Crippen molar-refractivity contribution < 1.29 is 0 Å². The minimum atomic E-state index is 0.291. The summed E-state index contributed by atoms with van der Waals surface area (Å²) < 4.78 is 0. The van der Waals surface area contributed by atoms with Gasteiger partial charge in [0.2, 0.25) is 0 Å². The lowest BCUT2D eigenvalue weighted by Gasteiger charge is -2.31. The molecular formula is C14H25N3. The minimum absolute atomic E-state index is 0.291. The molecule has 0 fully saturated rings. The third-order valence-electron chi connectivity index (χ3n) is 2.87. The minimum Gasteiger partial charge on any atom is -0.319 e. The third kappa shape index (κ3) is 5.29. The van der Waals surface area contributed by atoms with Gasteiger partial charge in [-0.05, 0) is 31.1 Å². The number of hydrogen-bond acceptors (Lipinski definition) is 3. The Kier molecular flexibility index (Phi) is 5.59. The van der Waals surface area contributed by atoms with Crippen LogP contribution in [-0.4, -0.2) is 36.6 Å². The molecule has 1 heterocycles. The van der Waals surface area contributed by atoms with E-state index < -0.39 is 0 Å². The van der Waals surface area contributed by atoms with Crippen molar-refractivity contribution in [3.05, 3.63) is 30.1 Å². The molecule has 96 valence electrons. The van der Waals surface area contributed by atoms with Gasteiger partial charge in [-0.2, -0.15) is 0 Å². The first kappa shape index (κ1) is 14.1. The van der Waals surface area contributed by atoms with E-state index in [1.807, 2.05) is 19.3 Å². The lowest BCUT2D eigenvalue weighted by molar-refractivity contribution is 0.175. The second-order valence-corrected chi connectivity index (χ2v) is 5.32. The van der Waals surface area contributed by atoms with Crippen LogP contribution in [0.1, 0.15) is 26.5 Å². The summed E-state index contributed by atoms with van der Waals surface area (Å²) >= 11 is 0. The molecule has 1 aromatic rings. The molecule has 0 radical (unpaired) electrons. The van der Waals surface area contributed by atoms with E-state index in [4.69, 9.17) is 0 Å². The number of hydrogen-bond donors (Lipinski definition) is 1. The van der Waals surface area contributed by atoms with Crippen LogP contribution in [0.3, 0.4) is 0 Å². The smallest absolute Gasteiger partial charge is 0.0543 e. The van der Waals surface area contributed by atoms with E-state index in [-0.39, 0.29) is 0 Å². The Labute approximate surface area is 105 Å². The van der Waals surface area contributed by atoms with Gasteiger partial charge in [0.25, 0.3) is 0 Å². The van der Waals surface area contributed by atoms with Gasteiger partial charge in [-0.25, -0.2) is 0 Å². The maximum absolute atomic E-state index is 4.39.